The Hall–Kier alpha value is -2.03. The molecule has 0 saturated carbocycles. The molecular weight excluding hydrogens is 241 g/mol. The van der Waals surface area contributed by atoms with Gasteiger partial charge in [0.1, 0.15) is 11.6 Å². The van der Waals surface area contributed by atoms with Gasteiger partial charge < -0.3 is 10.1 Å². The molecule has 0 aliphatic rings. The lowest BCUT2D eigenvalue weighted by Crippen LogP contribution is -2.01. The zero-order valence-corrected chi connectivity index (χ0v) is 11.5. The lowest BCUT2D eigenvalue weighted by Gasteiger charge is -2.10. The summed E-state index contributed by atoms with van der Waals surface area (Å²) in [7, 11) is 1.66. The van der Waals surface area contributed by atoms with Crippen LogP contribution in [0.2, 0.25) is 0 Å². The highest BCUT2D eigenvalue weighted by Gasteiger charge is 2.02. The van der Waals surface area contributed by atoms with Crippen LogP contribution in [0.15, 0.2) is 36.4 Å². The van der Waals surface area contributed by atoms with E-state index in [1.54, 1.807) is 26.2 Å². The molecule has 2 rings (SSSR count). The van der Waals surface area contributed by atoms with Crippen molar-refractivity contribution in [2.45, 2.75) is 20.4 Å². The molecule has 2 aromatic carbocycles. The first-order chi connectivity index (χ1) is 9.10. The Kier molecular flexibility index (Phi) is 4.05. The molecule has 100 valence electrons. The van der Waals surface area contributed by atoms with Crippen molar-refractivity contribution in [1.82, 2.24) is 0 Å². The Morgan fingerprint density at radius 2 is 1.84 bits per heavy atom. The highest BCUT2D eigenvalue weighted by molar-refractivity contribution is 5.51. The van der Waals surface area contributed by atoms with Gasteiger partial charge in [-0.15, -0.1) is 0 Å². The Bertz CT molecular complexity index is 581. The first-order valence-electron chi connectivity index (χ1n) is 6.23. The standard InChI is InChI=1S/C16H18FNO/c1-11-4-5-13(9-15(11)17)10-18-14-6-7-16(19-3)12(2)8-14/h4-9,18H,10H2,1-3H3. The van der Waals surface area contributed by atoms with E-state index in [2.05, 4.69) is 5.32 Å². The Balaban J connectivity index is 2.05. The first kappa shape index (κ1) is 13.4. The monoisotopic (exact) mass is 259 g/mol. The molecule has 0 aromatic heterocycles. The molecule has 0 heterocycles. The Labute approximate surface area is 113 Å². The molecule has 0 unspecified atom stereocenters. The minimum Gasteiger partial charge on any atom is -0.496 e. The Morgan fingerprint density at radius 1 is 1.05 bits per heavy atom. The van der Waals surface area contributed by atoms with Crippen LogP contribution in [0.1, 0.15) is 16.7 Å². The van der Waals surface area contributed by atoms with Gasteiger partial charge >= 0.3 is 0 Å². The predicted molar refractivity (Wildman–Crippen MR) is 76.2 cm³/mol. The Morgan fingerprint density at radius 3 is 2.47 bits per heavy atom. The van der Waals surface area contributed by atoms with Crippen molar-refractivity contribution in [1.29, 1.82) is 0 Å². The van der Waals surface area contributed by atoms with Crippen molar-refractivity contribution in [3.8, 4) is 5.75 Å². The molecular formula is C16H18FNO. The van der Waals surface area contributed by atoms with Gasteiger partial charge in [-0.05, 0) is 54.8 Å². The fourth-order valence-corrected chi connectivity index (χ4v) is 1.94. The summed E-state index contributed by atoms with van der Waals surface area (Å²) in [4.78, 5) is 0. The van der Waals surface area contributed by atoms with E-state index in [0.717, 1.165) is 22.6 Å². The number of hydrogen-bond acceptors (Lipinski definition) is 2. The third kappa shape index (κ3) is 3.25. The summed E-state index contributed by atoms with van der Waals surface area (Å²) >= 11 is 0. The van der Waals surface area contributed by atoms with Gasteiger partial charge in [-0.3, -0.25) is 0 Å². The summed E-state index contributed by atoms with van der Waals surface area (Å²) in [5, 5.41) is 3.28. The van der Waals surface area contributed by atoms with Gasteiger partial charge in [-0.25, -0.2) is 4.39 Å². The average Bonchev–Trinajstić information content (AvgIpc) is 2.40. The molecule has 0 aliphatic heterocycles. The van der Waals surface area contributed by atoms with Crippen molar-refractivity contribution >= 4 is 5.69 Å². The molecule has 1 N–H and O–H groups in total. The smallest absolute Gasteiger partial charge is 0.126 e. The van der Waals surface area contributed by atoms with E-state index in [1.165, 1.54) is 0 Å². The zero-order chi connectivity index (χ0) is 13.8. The molecule has 0 spiro atoms. The molecule has 0 atom stereocenters. The normalized spacial score (nSPS) is 10.3. The van der Waals surface area contributed by atoms with Crippen LogP contribution < -0.4 is 10.1 Å². The van der Waals surface area contributed by atoms with Crippen LogP contribution in [0.4, 0.5) is 10.1 Å². The van der Waals surface area contributed by atoms with Crippen molar-refractivity contribution < 1.29 is 9.13 Å². The van der Waals surface area contributed by atoms with Crippen LogP contribution in [0.3, 0.4) is 0 Å². The fraction of sp³-hybridized carbons (Fsp3) is 0.250. The molecule has 19 heavy (non-hydrogen) atoms. The maximum Gasteiger partial charge on any atom is 0.126 e. The highest BCUT2D eigenvalue weighted by atomic mass is 19.1. The van der Waals surface area contributed by atoms with Crippen LogP contribution in [-0.4, -0.2) is 7.11 Å². The van der Waals surface area contributed by atoms with E-state index < -0.39 is 0 Å². The number of aryl methyl sites for hydroxylation is 2. The third-order valence-electron chi connectivity index (χ3n) is 3.13. The predicted octanol–water partition coefficient (Wildman–Crippen LogP) is 4.06. The molecule has 0 amide bonds. The average molecular weight is 259 g/mol. The molecule has 0 radical (unpaired) electrons. The summed E-state index contributed by atoms with van der Waals surface area (Å²) in [5.74, 6) is 0.706. The second-order valence-electron chi connectivity index (χ2n) is 4.62. The number of nitrogens with one attached hydrogen (secondary N) is 1. The van der Waals surface area contributed by atoms with E-state index in [9.17, 15) is 4.39 Å². The number of halogens is 1. The number of benzene rings is 2. The fourth-order valence-electron chi connectivity index (χ4n) is 1.94. The first-order valence-corrected chi connectivity index (χ1v) is 6.23. The summed E-state index contributed by atoms with van der Waals surface area (Å²) in [6, 6.07) is 11.2. The van der Waals surface area contributed by atoms with Gasteiger partial charge in [0, 0.05) is 12.2 Å². The summed E-state index contributed by atoms with van der Waals surface area (Å²) in [6.45, 7) is 4.36. The molecule has 3 heteroatoms. The number of rotatable bonds is 4. The SMILES string of the molecule is COc1ccc(NCc2ccc(C)c(F)c2)cc1C. The minimum absolute atomic E-state index is 0.162. The van der Waals surface area contributed by atoms with E-state index in [-0.39, 0.29) is 5.82 Å². The number of ether oxygens (including phenoxy) is 1. The molecule has 0 saturated heterocycles. The van der Waals surface area contributed by atoms with E-state index >= 15 is 0 Å². The van der Waals surface area contributed by atoms with Crippen LogP contribution in [0.5, 0.6) is 5.75 Å². The van der Waals surface area contributed by atoms with E-state index in [0.29, 0.717) is 12.1 Å². The minimum atomic E-state index is -0.162. The van der Waals surface area contributed by atoms with Crippen molar-refractivity contribution in [3.05, 3.63) is 58.9 Å². The van der Waals surface area contributed by atoms with Gasteiger partial charge in [0.2, 0.25) is 0 Å². The lowest BCUT2D eigenvalue weighted by atomic mass is 10.1. The zero-order valence-electron chi connectivity index (χ0n) is 11.5. The second kappa shape index (κ2) is 5.74. The lowest BCUT2D eigenvalue weighted by molar-refractivity contribution is 0.412. The van der Waals surface area contributed by atoms with Crippen molar-refractivity contribution in [3.63, 3.8) is 0 Å². The number of anilines is 1. The third-order valence-corrected chi connectivity index (χ3v) is 3.13. The van der Waals surface area contributed by atoms with Crippen LogP contribution in [-0.2, 0) is 6.54 Å². The van der Waals surface area contributed by atoms with Crippen molar-refractivity contribution in [2.24, 2.45) is 0 Å². The van der Waals surface area contributed by atoms with Gasteiger partial charge in [0.25, 0.3) is 0 Å². The molecule has 0 bridgehead atoms. The van der Waals surface area contributed by atoms with Crippen LogP contribution in [0.25, 0.3) is 0 Å². The van der Waals surface area contributed by atoms with Gasteiger partial charge in [0.15, 0.2) is 0 Å². The van der Waals surface area contributed by atoms with E-state index in [4.69, 9.17) is 4.74 Å². The second-order valence-corrected chi connectivity index (χ2v) is 4.62. The quantitative estimate of drug-likeness (QED) is 0.894. The molecule has 2 aromatic rings. The largest absolute Gasteiger partial charge is 0.496 e. The summed E-state index contributed by atoms with van der Waals surface area (Å²) in [5.41, 5.74) is 3.67. The number of methoxy groups -OCH3 is 1. The van der Waals surface area contributed by atoms with Gasteiger partial charge in [-0.1, -0.05) is 12.1 Å². The topological polar surface area (TPSA) is 21.3 Å². The van der Waals surface area contributed by atoms with Crippen LogP contribution in [0, 0.1) is 19.7 Å². The molecule has 0 aliphatic carbocycles. The van der Waals surface area contributed by atoms with Gasteiger partial charge in [-0.2, -0.15) is 0 Å². The highest BCUT2D eigenvalue weighted by Crippen LogP contribution is 2.22. The maximum absolute atomic E-state index is 13.4. The van der Waals surface area contributed by atoms with E-state index in [1.807, 2.05) is 31.2 Å². The maximum atomic E-state index is 13.4. The summed E-state index contributed by atoms with van der Waals surface area (Å²) in [6.07, 6.45) is 0. The summed E-state index contributed by atoms with van der Waals surface area (Å²) < 4.78 is 18.6. The van der Waals surface area contributed by atoms with Crippen LogP contribution >= 0.6 is 0 Å². The van der Waals surface area contributed by atoms with Gasteiger partial charge in [0.05, 0.1) is 7.11 Å². The van der Waals surface area contributed by atoms with Crippen molar-refractivity contribution in [2.75, 3.05) is 12.4 Å². The number of hydrogen-bond donors (Lipinski definition) is 1. The molecule has 0 fully saturated rings. The molecule has 2 nitrogen and oxygen atoms in total.